The van der Waals surface area contributed by atoms with E-state index in [1.165, 1.54) is 29.2 Å². The number of hydrogen-bond donors (Lipinski definition) is 0. The number of carbonyl (C=O) groups excluding carboxylic acids is 1. The number of rotatable bonds is 4. The third kappa shape index (κ3) is 4.57. The van der Waals surface area contributed by atoms with E-state index in [-0.39, 0.29) is 4.90 Å². The molecule has 1 amide bonds. The zero-order valence-electron chi connectivity index (χ0n) is 16.0. The minimum absolute atomic E-state index is 0.174. The molecule has 1 fully saturated rings. The summed E-state index contributed by atoms with van der Waals surface area (Å²) in [4.78, 5) is 13.6. The number of hydrogen-bond acceptors (Lipinski definition) is 5. The van der Waals surface area contributed by atoms with Gasteiger partial charge in [0.2, 0.25) is 9.84 Å². The molecule has 0 spiro atoms. The monoisotopic (exact) mass is 405 g/mol. The predicted octanol–water partition coefficient (Wildman–Crippen LogP) is 3.77. The summed E-state index contributed by atoms with van der Waals surface area (Å²) < 4.78 is 61.0. The molecule has 0 unspecified atom stereocenters. The highest BCUT2D eigenvalue weighted by Crippen LogP contribution is 2.42. The Bertz CT molecular complexity index is 787. The number of carbonyl (C=O) groups is 1. The van der Waals surface area contributed by atoms with Gasteiger partial charge in [-0.05, 0) is 52.3 Å². The quantitative estimate of drug-likeness (QED) is 0.762. The molecule has 152 valence electrons. The van der Waals surface area contributed by atoms with Crippen molar-refractivity contribution in [1.29, 1.82) is 0 Å². The summed E-state index contributed by atoms with van der Waals surface area (Å²) >= 11 is 0. The Hall–Kier alpha value is -1.74. The van der Waals surface area contributed by atoms with Crippen LogP contribution in [0.2, 0.25) is 0 Å². The first-order valence-electron chi connectivity index (χ1n) is 8.47. The normalized spacial score (nSPS) is 22.7. The summed E-state index contributed by atoms with van der Waals surface area (Å²) in [5.74, 6) is 0. The molecule has 2 rings (SSSR count). The molecule has 1 aromatic rings. The molecule has 1 heterocycles. The average molecular weight is 405 g/mol. The Morgan fingerprint density at radius 2 is 1.78 bits per heavy atom. The van der Waals surface area contributed by atoms with Crippen molar-refractivity contribution < 1.29 is 31.5 Å². The fraction of sp³-hybridized carbons (Fsp3) is 0.611. The molecule has 2 atom stereocenters. The molecule has 6 nitrogen and oxygen atoms in total. The largest absolute Gasteiger partial charge is 0.444 e. The summed E-state index contributed by atoms with van der Waals surface area (Å²) in [5.41, 5.74) is -1.41. The Labute approximate surface area is 158 Å². The number of benzene rings is 1. The van der Waals surface area contributed by atoms with Crippen molar-refractivity contribution in [2.75, 3.05) is 12.7 Å². The highest BCUT2D eigenvalue weighted by molar-refractivity contribution is 7.91. The molecule has 0 N–H and O–H groups in total. The summed E-state index contributed by atoms with van der Waals surface area (Å²) in [6.07, 6.45) is -1.52. The standard InChI is InChI=1S/C18H25F2NO5S/c1-17(2,3)26-16(22)21-14(10-19)15(25-18(21,4)5)12-6-8-13(9-7-12)27(23,24)11-20/h6-9,14-15H,10-11H2,1-5H3/t14-,15-/m1/s1. The zero-order valence-corrected chi connectivity index (χ0v) is 16.8. The van der Waals surface area contributed by atoms with Gasteiger partial charge < -0.3 is 9.47 Å². The number of ether oxygens (including phenoxy) is 2. The minimum Gasteiger partial charge on any atom is -0.444 e. The van der Waals surface area contributed by atoms with Crippen molar-refractivity contribution in [3.8, 4) is 0 Å². The van der Waals surface area contributed by atoms with Crippen molar-refractivity contribution in [1.82, 2.24) is 4.90 Å². The van der Waals surface area contributed by atoms with Crippen LogP contribution in [0.1, 0.15) is 46.3 Å². The molecule has 1 aromatic carbocycles. The molecule has 0 saturated carbocycles. The van der Waals surface area contributed by atoms with Crippen LogP contribution in [0.15, 0.2) is 29.2 Å². The van der Waals surface area contributed by atoms with E-state index in [9.17, 15) is 22.0 Å². The second-order valence-electron chi connectivity index (χ2n) is 7.85. The van der Waals surface area contributed by atoms with Crippen LogP contribution in [0.25, 0.3) is 0 Å². The fourth-order valence-corrected chi connectivity index (χ4v) is 3.69. The van der Waals surface area contributed by atoms with E-state index in [2.05, 4.69) is 0 Å². The van der Waals surface area contributed by atoms with E-state index in [1.807, 2.05) is 0 Å². The van der Waals surface area contributed by atoms with E-state index in [1.54, 1.807) is 34.6 Å². The maximum Gasteiger partial charge on any atom is 0.413 e. The number of nitrogens with zero attached hydrogens (tertiary/aromatic N) is 1. The molecule has 1 aliphatic rings. The lowest BCUT2D eigenvalue weighted by atomic mass is 10.0. The molecule has 9 heteroatoms. The summed E-state index contributed by atoms with van der Waals surface area (Å²) in [6, 6.07) is 2.91. The number of halogens is 2. The van der Waals surface area contributed by atoms with Crippen LogP contribution in [0.3, 0.4) is 0 Å². The van der Waals surface area contributed by atoms with Crippen LogP contribution >= 0.6 is 0 Å². The van der Waals surface area contributed by atoms with Gasteiger partial charge in [-0.1, -0.05) is 12.1 Å². The molecular formula is C18H25F2NO5S. The lowest BCUT2D eigenvalue weighted by Crippen LogP contribution is -2.50. The van der Waals surface area contributed by atoms with Gasteiger partial charge in [0.1, 0.15) is 24.1 Å². The SMILES string of the molecule is CC(C)(C)OC(=O)N1[C@H](CF)[C@@H](c2ccc(S(=O)(=O)CF)cc2)OC1(C)C. The van der Waals surface area contributed by atoms with E-state index < -0.39 is 52.1 Å². The van der Waals surface area contributed by atoms with Gasteiger partial charge in [0.15, 0.2) is 6.01 Å². The second kappa shape index (κ2) is 7.35. The zero-order chi connectivity index (χ0) is 20.6. The maximum atomic E-state index is 13.9. The van der Waals surface area contributed by atoms with Gasteiger partial charge in [-0.3, -0.25) is 4.90 Å². The molecule has 0 bridgehead atoms. The van der Waals surface area contributed by atoms with E-state index in [0.29, 0.717) is 5.56 Å². The lowest BCUT2D eigenvalue weighted by molar-refractivity contribution is -0.0797. The van der Waals surface area contributed by atoms with Gasteiger partial charge in [-0.2, -0.15) is 0 Å². The van der Waals surface area contributed by atoms with Gasteiger partial charge in [0, 0.05) is 0 Å². The molecular weight excluding hydrogens is 380 g/mol. The molecule has 0 aliphatic carbocycles. The highest BCUT2D eigenvalue weighted by atomic mass is 32.2. The topological polar surface area (TPSA) is 72.9 Å². The Morgan fingerprint density at radius 1 is 1.22 bits per heavy atom. The van der Waals surface area contributed by atoms with Gasteiger partial charge in [0.25, 0.3) is 0 Å². The number of alkyl halides is 2. The van der Waals surface area contributed by atoms with Crippen molar-refractivity contribution >= 4 is 15.9 Å². The summed E-state index contributed by atoms with van der Waals surface area (Å²) in [7, 11) is -3.99. The predicted molar refractivity (Wildman–Crippen MR) is 95.3 cm³/mol. The fourth-order valence-electron chi connectivity index (χ4n) is 3.02. The van der Waals surface area contributed by atoms with Crippen molar-refractivity contribution in [3.63, 3.8) is 0 Å². The van der Waals surface area contributed by atoms with Crippen molar-refractivity contribution in [2.24, 2.45) is 0 Å². The lowest BCUT2D eigenvalue weighted by Gasteiger charge is -2.34. The van der Waals surface area contributed by atoms with Crippen LogP contribution < -0.4 is 0 Å². The molecule has 1 aliphatic heterocycles. The van der Waals surface area contributed by atoms with Gasteiger partial charge >= 0.3 is 6.09 Å². The van der Waals surface area contributed by atoms with Crippen LogP contribution in [-0.2, 0) is 19.3 Å². The van der Waals surface area contributed by atoms with Gasteiger partial charge in [0.05, 0.1) is 10.9 Å². The minimum atomic E-state index is -3.99. The van der Waals surface area contributed by atoms with Crippen molar-refractivity contribution in [3.05, 3.63) is 29.8 Å². The third-order valence-corrected chi connectivity index (χ3v) is 5.41. The van der Waals surface area contributed by atoms with Gasteiger partial charge in [-0.15, -0.1) is 0 Å². The van der Waals surface area contributed by atoms with E-state index in [0.717, 1.165) is 0 Å². The van der Waals surface area contributed by atoms with Gasteiger partial charge in [-0.25, -0.2) is 22.0 Å². The number of sulfone groups is 1. The van der Waals surface area contributed by atoms with Crippen molar-refractivity contribution in [2.45, 2.75) is 63.0 Å². The van der Waals surface area contributed by atoms with Crippen LogP contribution in [0.5, 0.6) is 0 Å². The Balaban J connectivity index is 2.34. The first-order chi connectivity index (χ1) is 12.3. The summed E-state index contributed by atoms with van der Waals surface area (Å²) in [5, 5.41) is 0. The maximum absolute atomic E-state index is 13.9. The van der Waals surface area contributed by atoms with E-state index in [4.69, 9.17) is 9.47 Å². The van der Waals surface area contributed by atoms with Crippen LogP contribution in [-0.4, -0.2) is 49.5 Å². The van der Waals surface area contributed by atoms with E-state index >= 15 is 0 Å². The van der Waals surface area contributed by atoms with Crippen LogP contribution in [0.4, 0.5) is 13.6 Å². The second-order valence-corrected chi connectivity index (χ2v) is 9.77. The molecule has 27 heavy (non-hydrogen) atoms. The molecule has 1 saturated heterocycles. The number of amides is 1. The Morgan fingerprint density at radius 3 is 2.22 bits per heavy atom. The first-order valence-corrected chi connectivity index (χ1v) is 10.1. The summed E-state index contributed by atoms with van der Waals surface area (Å²) in [6.45, 7) is 7.50. The Kier molecular flexibility index (Phi) is 5.87. The van der Waals surface area contributed by atoms with Crippen LogP contribution in [0, 0.1) is 0 Å². The molecule has 0 radical (unpaired) electrons. The first kappa shape index (κ1) is 21.6. The highest BCUT2D eigenvalue weighted by Gasteiger charge is 2.51. The average Bonchev–Trinajstić information content (AvgIpc) is 2.84. The smallest absolute Gasteiger partial charge is 0.413 e. The molecule has 0 aromatic heterocycles. The third-order valence-electron chi connectivity index (χ3n) is 4.14.